The highest BCUT2D eigenvalue weighted by Gasteiger charge is 2.40. The summed E-state index contributed by atoms with van der Waals surface area (Å²) in [5, 5.41) is -0.183. The van der Waals surface area contributed by atoms with Gasteiger partial charge >= 0.3 is 5.97 Å². The van der Waals surface area contributed by atoms with E-state index in [4.69, 9.17) is 9.47 Å². The zero-order valence-electron chi connectivity index (χ0n) is 14.7. The number of rotatable bonds is 5. The molecule has 0 aliphatic carbocycles. The molecular formula is C15H25NO5SSi. The minimum atomic E-state index is -3.86. The van der Waals surface area contributed by atoms with Gasteiger partial charge in [-0.25, -0.2) is 17.6 Å². The smallest absolute Gasteiger partial charge is 0.339 e. The zero-order valence-corrected chi connectivity index (χ0v) is 16.5. The summed E-state index contributed by atoms with van der Waals surface area (Å²) in [7, 11) is -3.54. The van der Waals surface area contributed by atoms with Crippen molar-refractivity contribution in [3.05, 3.63) is 23.8 Å². The molecule has 0 heterocycles. The maximum Gasteiger partial charge on any atom is 0.339 e. The van der Waals surface area contributed by atoms with Gasteiger partial charge in [0.15, 0.2) is 0 Å². The van der Waals surface area contributed by atoms with Crippen LogP contribution in [0.15, 0.2) is 23.1 Å². The molecule has 1 N–H and O–H groups in total. The van der Waals surface area contributed by atoms with Gasteiger partial charge in [-0.1, -0.05) is 33.9 Å². The average molecular weight is 360 g/mol. The monoisotopic (exact) mass is 359 g/mol. The quantitative estimate of drug-likeness (QED) is 0.646. The molecule has 6 nitrogen and oxygen atoms in total. The van der Waals surface area contributed by atoms with Gasteiger partial charge in [-0.05, 0) is 23.2 Å². The summed E-state index contributed by atoms with van der Waals surface area (Å²) in [4.78, 5) is 11.9. The number of hydrogen-bond acceptors (Lipinski definition) is 5. The van der Waals surface area contributed by atoms with Crippen LogP contribution in [0.2, 0.25) is 18.1 Å². The first-order valence-corrected chi connectivity index (χ1v) is 11.6. The maximum absolute atomic E-state index is 12.8. The molecule has 1 aromatic carbocycles. The van der Waals surface area contributed by atoms with Crippen molar-refractivity contribution in [3.8, 4) is 5.75 Å². The van der Waals surface area contributed by atoms with Crippen LogP contribution in [0.4, 0.5) is 0 Å². The number of ether oxygens (including phenoxy) is 2. The SMILES string of the molecule is COC(=O)c1cc(OC)ccc1S(=O)(=O)N[Si](C)(C)C(C)(C)C. The van der Waals surface area contributed by atoms with E-state index >= 15 is 0 Å². The Labute approximate surface area is 139 Å². The summed E-state index contributed by atoms with van der Waals surface area (Å²) in [5.41, 5.74) is -0.0435. The van der Waals surface area contributed by atoms with Gasteiger partial charge in [-0.2, -0.15) is 0 Å². The Kier molecular flexibility index (Phi) is 5.66. The Morgan fingerprint density at radius 1 is 1.17 bits per heavy atom. The van der Waals surface area contributed by atoms with Crippen LogP contribution in [-0.4, -0.2) is 36.8 Å². The number of carbonyl (C=O) groups excluding carboxylic acids is 1. The van der Waals surface area contributed by atoms with E-state index in [2.05, 4.69) is 4.39 Å². The number of methoxy groups -OCH3 is 2. The number of benzene rings is 1. The van der Waals surface area contributed by atoms with Crippen LogP contribution in [0, 0.1) is 0 Å². The van der Waals surface area contributed by atoms with Crippen LogP contribution >= 0.6 is 0 Å². The third-order valence-electron chi connectivity index (χ3n) is 4.15. The number of sulfonamides is 1. The Hall–Kier alpha value is -1.38. The average Bonchev–Trinajstić information content (AvgIpc) is 2.43. The van der Waals surface area contributed by atoms with Crippen LogP contribution < -0.4 is 9.12 Å². The fraction of sp³-hybridized carbons (Fsp3) is 0.533. The lowest BCUT2D eigenvalue weighted by atomic mass is 10.2. The van der Waals surface area contributed by atoms with Crippen molar-refractivity contribution in [1.29, 1.82) is 0 Å². The van der Waals surface area contributed by atoms with E-state index < -0.39 is 24.2 Å². The van der Waals surface area contributed by atoms with Gasteiger partial charge in [0.1, 0.15) is 14.0 Å². The van der Waals surface area contributed by atoms with Crippen molar-refractivity contribution in [1.82, 2.24) is 4.39 Å². The molecule has 0 aliphatic rings. The first-order valence-electron chi connectivity index (χ1n) is 7.16. The van der Waals surface area contributed by atoms with E-state index in [1.165, 1.54) is 32.4 Å². The number of hydrogen-bond donors (Lipinski definition) is 1. The van der Waals surface area contributed by atoms with E-state index in [1.54, 1.807) is 0 Å². The van der Waals surface area contributed by atoms with E-state index in [0.717, 1.165) is 0 Å². The van der Waals surface area contributed by atoms with E-state index in [-0.39, 0.29) is 15.5 Å². The molecule has 0 atom stereocenters. The first-order chi connectivity index (χ1) is 10.4. The number of nitrogens with one attached hydrogen (secondary N) is 1. The molecule has 0 radical (unpaired) electrons. The van der Waals surface area contributed by atoms with Gasteiger partial charge in [0.25, 0.3) is 0 Å². The van der Waals surface area contributed by atoms with Gasteiger partial charge in [0, 0.05) is 0 Å². The van der Waals surface area contributed by atoms with Gasteiger partial charge in [0.2, 0.25) is 10.0 Å². The molecular weight excluding hydrogens is 334 g/mol. The lowest BCUT2D eigenvalue weighted by Gasteiger charge is -2.36. The van der Waals surface area contributed by atoms with Crippen molar-refractivity contribution in [2.24, 2.45) is 0 Å². The van der Waals surface area contributed by atoms with E-state index in [0.29, 0.717) is 5.75 Å². The summed E-state index contributed by atoms with van der Waals surface area (Å²) < 4.78 is 38.2. The fourth-order valence-corrected chi connectivity index (χ4v) is 6.71. The molecule has 8 heteroatoms. The Morgan fingerprint density at radius 2 is 1.74 bits per heavy atom. The summed E-state index contributed by atoms with van der Waals surface area (Å²) in [6.45, 7) is 9.86. The highest BCUT2D eigenvalue weighted by atomic mass is 32.2. The summed E-state index contributed by atoms with van der Waals surface area (Å²) in [5.74, 6) is -0.337. The molecule has 1 rings (SSSR count). The zero-order chi connectivity index (χ0) is 18.1. The van der Waals surface area contributed by atoms with Gasteiger partial charge < -0.3 is 9.47 Å². The van der Waals surface area contributed by atoms with Crippen LogP contribution in [0.3, 0.4) is 0 Å². The lowest BCUT2D eigenvalue weighted by Crippen LogP contribution is -2.54. The second kappa shape index (κ2) is 6.62. The summed E-state index contributed by atoms with van der Waals surface area (Å²) in [6, 6.07) is 4.24. The molecule has 0 aliphatic heterocycles. The first kappa shape index (κ1) is 19.7. The third-order valence-corrected chi connectivity index (χ3v) is 11.9. The largest absolute Gasteiger partial charge is 0.497 e. The van der Waals surface area contributed by atoms with Gasteiger partial charge in [-0.15, -0.1) is 0 Å². The number of carbonyl (C=O) groups is 1. The lowest BCUT2D eigenvalue weighted by molar-refractivity contribution is 0.0596. The molecule has 0 bridgehead atoms. The molecule has 0 unspecified atom stereocenters. The second-order valence-electron chi connectivity index (χ2n) is 6.83. The van der Waals surface area contributed by atoms with Crippen molar-refractivity contribution >= 4 is 24.2 Å². The minimum absolute atomic E-state index is 0.0435. The van der Waals surface area contributed by atoms with Crippen molar-refractivity contribution in [2.75, 3.05) is 14.2 Å². The van der Waals surface area contributed by atoms with E-state index in [1.807, 2.05) is 33.9 Å². The molecule has 130 valence electrons. The van der Waals surface area contributed by atoms with Crippen molar-refractivity contribution in [2.45, 2.75) is 43.8 Å². The topological polar surface area (TPSA) is 81.7 Å². The van der Waals surface area contributed by atoms with Crippen LogP contribution in [-0.2, 0) is 14.8 Å². The van der Waals surface area contributed by atoms with Crippen molar-refractivity contribution in [3.63, 3.8) is 0 Å². The van der Waals surface area contributed by atoms with Gasteiger partial charge in [-0.3, -0.25) is 0 Å². The normalized spacial score (nSPS) is 12.8. The van der Waals surface area contributed by atoms with Crippen LogP contribution in [0.5, 0.6) is 5.75 Å². The standard InChI is InChI=1S/C15H25NO5SSi/c1-15(2,3)23(6,7)16-22(18,19)13-9-8-11(20-4)10-12(13)14(17)21-5/h8-10,16H,1-7H3. The highest BCUT2D eigenvalue weighted by molar-refractivity contribution is 7.91. The maximum atomic E-state index is 12.8. The molecule has 0 spiro atoms. The third kappa shape index (κ3) is 4.33. The summed E-state index contributed by atoms with van der Waals surface area (Å²) in [6.07, 6.45) is 0. The minimum Gasteiger partial charge on any atom is -0.497 e. The molecule has 0 aromatic heterocycles. The highest BCUT2D eigenvalue weighted by Crippen LogP contribution is 2.35. The van der Waals surface area contributed by atoms with E-state index in [9.17, 15) is 13.2 Å². The Morgan fingerprint density at radius 3 is 2.17 bits per heavy atom. The van der Waals surface area contributed by atoms with Crippen molar-refractivity contribution < 1.29 is 22.7 Å². The predicted molar refractivity (Wildman–Crippen MR) is 91.9 cm³/mol. The molecule has 23 heavy (non-hydrogen) atoms. The fourth-order valence-electron chi connectivity index (χ4n) is 1.68. The number of esters is 1. The molecule has 0 saturated heterocycles. The Bertz CT molecular complexity index is 692. The summed E-state index contributed by atoms with van der Waals surface area (Å²) >= 11 is 0. The van der Waals surface area contributed by atoms with Crippen LogP contribution in [0.1, 0.15) is 31.1 Å². The van der Waals surface area contributed by atoms with Crippen LogP contribution in [0.25, 0.3) is 0 Å². The molecule has 0 fully saturated rings. The predicted octanol–water partition coefficient (Wildman–Crippen LogP) is 2.77. The second-order valence-corrected chi connectivity index (χ2v) is 13.8. The van der Waals surface area contributed by atoms with Gasteiger partial charge in [0.05, 0.1) is 24.7 Å². The molecule has 1 aromatic rings. The Balaban J connectivity index is 3.42. The molecule has 0 amide bonds. The molecule has 0 saturated carbocycles.